The minimum atomic E-state index is -0.832. The van der Waals surface area contributed by atoms with Gasteiger partial charge in [-0.1, -0.05) is 0 Å². The maximum absolute atomic E-state index is 13.5. The third-order valence-corrected chi connectivity index (χ3v) is 2.12. The van der Waals surface area contributed by atoms with Crippen molar-refractivity contribution in [3.8, 4) is 0 Å². The zero-order valence-electron chi connectivity index (χ0n) is 9.01. The molecular weight excluding hydrogens is 225 g/mol. The van der Waals surface area contributed by atoms with Crippen molar-refractivity contribution >= 4 is 17.5 Å². The van der Waals surface area contributed by atoms with Gasteiger partial charge in [0.2, 0.25) is 0 Å². The number of hydrogen-bond acceptors (Lipinski definition) is 4. The first-order valence-corrected chi connectivity index (χ1v) is 4.79. The predicted molar refractivity (Wildman–Crippen MR) is 59.8 cm³/mol. The van der Waals surface area contributed by atoms with Crippen molar-refractivity contribution < 1.29 is 9.18 Å². The molecule has 0 fully saturated rings. The van der Waals surface area contributed by atoms with Crippen LogP contribution in [0.3, 0.4) is 0 Å². The molecule has 0 bridgehead atoms. The lowest BCUT2D eigenvalue weighted by molar-refractivity contribution is 0.102. The summed E-state index contributed by atoms with van der Waals surface area (Å²) in [5.74, 6) is -1.41. The van der Waals surface area contributed by atoms with Crippen molar-refractivity contribution in [1.82, 2.24) is 14.8 Å². The van der Waals surface area contributed by atoms with Crippen LogP contribution in [0.2, 0.25) is 0 Å². The average Bonchev–Trinajstić information content (AvgIpc) is 2.68. The van der Waals surface area contributed by atoms with Crippen LogP contribution < -0.4 is 11.1 Å². The quantitative estimate of drug-likeness (QED) is 0.805. The molecule has 3 N–H and O–H groups in total. The molecule has 88 valence electrons. The number of nitrogens with two attached hydrogens (primary N) is 1. The number of pyridine rings is 1. The molecule has 0 radical (unpaired) electrons. The summed E-state index contributed by atoms with van der Waals surface area (Å²) >= 11 is 0. The lowest BCUT2D eigenvalue weighted by atomic mass is 10.2. The van der Waals surface area contributed by atoms with Crippen molar-refractivity contribution in [3.63, 3.8) is 0 Å². The van der Waals surface area contributed by atoms with Gasteiger partial charge < -0.3 is 11.1 Å². The fraction of sp³-hybridized carbons (Fsp3) is 0.100. The van der Waals surface area contributed by atoms with Crippen molar-refractivity contribution in [2.24, 2.45) is 7.05 Å². The fourth-order valence-corrected chi connectivity index (χ4v) is 1.30. The second-order valence-corrected chi connectivity index (χ2v) is 3.39. The summed E-state index contributed by atoms with van der Waals surface area (Å²) < 4.78 is 15.0. The molecule has 0 saturated heterocycles. The van der Waals surface area contributed by atoms with Crippen molar-refractivity contribution in [2.45, 2.75) is 0 Å². The molecule has 0 atom stereocenters. The summed E-state index contributed by atoms with van der Waals surface area (Å²) in [7, 11) is 1.71. The van der Waals surface area contributed by atoms with E-state index in [1.165, 1.54) is 16.9 Å². The van der Waals surface area contributed by atoms with E-state index in [2.05, 4.69) is 15.4 Å². The van der Waals surface area contributed by atoms with Gasteiger partial charge in [0, 0.05) is 25.5 Å². The van der Waals surface area contributed by atoms with Gasteiger partial charge in [0.05, 0.1) is 5.56 Å². The molecule has 0 unspecified atom stereocenters. The summed E-state index contributed by atoms with van der Waals surface area (Å²) in [4.78, 5) is 15.2. The maximum atomic E-state index is 13.5. The SMILES string of the molecule is Cn1ccc(NC(=O)c2ccnc(N)c2F)n1. The Bertz CT molecular complexity index is 566. The number of rotatable bonds is 2. The molecule has 2 aromatic heterocycles. The standard InChI is InChI=1S/C10H10FN5O/c1-16-5-3-7(15-16)14-10(17)6-2-4-13-9(12)8(6)11/h2-5H,1H3,(H2,12,13)(H,14,15,17). The third kappa shape index (κ3) is 2.22. The largest absolute Gasteiger partial charge is 0.381 e. The molecule has 2 rings (SSSR count). The van der Waals surface area contributed by atoms with Crippen molar-refractivity contribution in [1.29, 1.82) is 0 Å². The molecule has 1 amide bonds. The average molecular weight is 235 g/mol. The number of aryl methyl sites for hydroxylation is 1. The predicted octanol–water partition coefficient (Wildman–Crippen LogP) is 0.789. The third-order valence-electron chi connectivity index (χ3n) is 2.12. The van der Waals surface area contributed by atoms with E-state index in [4.69, 9.17) is 5.73 Å². The Hall–Kier alpha value is -2.44. The van der Waals surface area contributed by atoms with Gasteiger partial charge in [-0.3, -0.25) is 9.48 Å². The number of nitrogens with one attached hydrogen (secondary N) is 1. The first-order chi connectivity index (χ1) is 8.08. The van der Waals surface area contributed by atoms with Gasteiger partial charge in [-0.15, -0.1) is 0 Å². The first kappa shape index (κ1) is 11.1. The molecule has 7 heteroatoms. The molecule has 0 aliphatic heterocycles. The second-order valence-electron chi connectivity index (χ2n) is 3.39. The fourth-order valence-electron chi connectivity index (χ4n) is 1.30. The van der Waals surface area contributed by atoms with E-state index in [-0.39, 0.29) is 11.4 Å². The van der Waals surface area contributed by atoms with Gasteiger partial charge in [0.15, 0.2) is 17.5 Å². The van der Waals surface area contributed by atoms with Crippen LogP contribution in [0.15, 0.2) is 24.5 Å². The Balaban J connectivity index is 2.23. The lowest BCUT2D eigenvalue weighted by Crippen LogP contribution is -2.15. The van der Waals surface area contributed by atoms with Crippen molar-refractivity contribution in [2.75, 3.05) is 11.1 Å². The summed E-state index contributed by atoms with van der Waals surface area (Å²) in [5.41, 5.74) is 5.11. The minimum absolute atomic E-state index is 0.164. The van der Waals surface area contributed by atoms with Gasteiger partial charge in [0.25, 0.3) is 5.91 Å². The van der Waals surface area contributed by atoms with Crippen LogP contribution in [-0.2, 0) is 7.05 Å². The molecule has 0 spiro atoms. The number of anilines is 2. The number of carbonyl (C=O) groups excluding carboxylic acids is 1. The summed E-state index contributed by atoms with van der Waals surface area (Å²) in [5, 5.41) is 6.40. The zero-order valence-corrected chi connectivity index (χ0v) is 9.01. The summed E-state index contributed by atoms with van der Waals surface area (Å²) in [6.45, 7) is 0. The highest BCUT2D eigenvalue weighted by atomic mass is 19.1. The molecule has 0 aliphatic carbocycles. The van der Waals surface area contributed by atoms with E-state index >= 15 is 0 Å². The number of nitrogen functional groups attached to an aromatic ring is 1. The minimum Gasteiger partial charge on any atom is -0.381 e. The smallest absolute Gasteiger partial charge is 0.260 e. The highest BCUT2D eigenvalue weighted by Crippen LogP contribution is 2.13. The number of aromatic nitrogens is 3. The Morgan fingerprint density at radius 1 is 1.53 bits per heavy atom. The topological polar surface area (TPSA) is 85.8 Å². The van der Waals surface area contributed by atoms with Crippen LogP contribution in [0.25, 0.3) is 0 Å². The number of amides is 1. The van der Waals surface area contributed by atoms with Crippen LogP contribution in [0.5, 0.6) is 0 Å². The zero-order chi connectivity index (χ0) is 12.4. The van der Waals surface area contributed by atoms with Crippen LogP contribution in [0.1, 0.15) is 10.4 Å². The van der Waals surface area contributed by atoms with Crippen LogP contribution in [-0.4, -0.2) is 20.7 Å². The molecular formula is C10H10FN5O. The Morgan fingerprint density at radius 3 is 2.94 bits per heavy atom. The van der Waals surface area contributed by atoms with E-state index < -0.39 is 11.7 Å². The number of nitrogens with zero attached hydrogens (tertiary/aromatic N) is 3. The van der Waals surface area contributed by atoms with Crippen LogP contribution >= 0.6 is 0 Å². The number of hydrogen-bond donors (Lipinski definition) is 2. The number of carbonyl (C=O) groups is 1. The lowest BCUT2D eigenvalue weighted by Gasteiger charge is -2.04. The molecule has 17 heavy (non-hydrogen) atoms. The highest BCUT2D eigenvalue weighted by molar-refractivity contribution is 6.04. The molecule has 0 saturated carbocycles. The Labute approximate surface area is 96.3 Å². The Kier molecular flexibility index (Phi) is 2.73. The normalized spacial score (nSPS) is 10.2. The van der Waals surface area contributed by atoms with E-state index in [0.29, 0.717) is 5.82 Å². The van der Waals surface area contributed by atoms with Gasteiger partial charge >= 0.3 is 0 Å². The highest BCUT2D eigenvalue weighted by Gasteiger charge is 2.15. The van der Waals surface area contributed by atoms with E-state index in [0.717, 1.165) is 0 Å². The van der Waals surface area contributed by atoms with E-state index in [1.54, 1.807) is 19.3 Å². The second kappa shape index (κ2) is 4.20. The van der Waals surface area contributed by atoms with Crippen molar-refractivity contribution in [3.05, 3.63) is 35.9 Å². The monoisotopic (exact) mass is 235 g/mol. The maximum Gasteiger partial charge on any atom is 0.260 e. The molecule has 2 heterocycles. The van der Waals surface area contributed by atoms with Gasteiger partial charge in [0.1, 0.15) is 0 Å². The first-order valence-electron chi connectivity index (χ1n) is 4.79. The van der Waals surface area contributed by atoms with Crippen LogP contribution in [0.4, 0.5) is 16.0 Å². The molecule has 2 aromatic rings. The van der Waals surface area contributed by atoms with Gasteiger partial charge in [-0.05, 0) is 6.07 Å². The van der Waals surface area contributed by atoms with Gasteiger partial charge in [-0.2, -0.15) is 5.10 Å². The van der Waals surface area contributed by atoms with E-state index in [9.17, 15) is 9.18 Å². The molecule has 0 aliphatic rings. The van der Waals surface area contributed by atoms with Crippen LogP contribution in [0, 0.1) is 5.82 Å². The number of halogens is 1. The molecule has 0 aromatic carbocycles. The molecule has 6 nitrogen and oxygen atoms in total. The summed E-state index contributed by atoms with van der Waals surface area (Å²) in [6, 6.07) is 2.85. The van der Waals surface area contributed by atoms with E-state index in [1.807, 2.05) is 0 Å². The Morgan fingerprint density at radius 2 is 2.29 bits per heavy atom. The summed E-state index contributed by atoms with van der Waals surface area (Å²) in [6.07, 6.45) is 2.93. The van der Waals surface area contributed by atoms with Gasteiger partial charge in [-0.25, -0.2) is 9.37 Å².